The zero-order chi connectivity index (χ0) is 25.7. The second-order valence-electron chi connectivity index (χ2n) is 8.60. The fraction of sp³-hybridized carbons (Fsp3) is 0.0645. The van der Waals surface area contributed by atoms with Crippen LogP contribution in [0.1, 0.15) is 17.1 Å². The summed E-state index contributed by atoms with van der Waals surface area (Å²) in [6.07, 6.45) is 2.36. The van der Waals surface area contributed by atoms with Gasteiger partial charge in [0.15, 0.2) is 5.09 Å². The Bertz CT molecular complexity index is 1700. The van der Waals surface area contributed by atoms with E-state index in [1.54, 1.807) is 13.3 Å². The summed E-state index contributed by atoms with van der Waals surface area (Å²) in [4.78, 5) is 4.50. The monoisotopic (exact) mass is 516 g/mol. The van der Waals surface area contributed by atoms with Crippen LogP contribution in [0.15, 0.2) is 129 Å². The molecule has 0 saturated heterocycles. The molecule has 0 saturated carbocycles. The van der Waals surface area contributed by atoms with Gasteiger partial charge in [-0.25, -0.2) is 0 Å². The smallest absolute Gasteiger partial charge is 0.203 e. The van der Waals surface area contributed by atoms with E-state index in [0.717, 1.165) is 28.1 Å². The highest BCUT2D eigenvalue weighted by Gasteiger charge is 2.18. The predicted octanol–water partition coefficient (Wildman–Crippen LogP) is 7.51. The maximum atomic E-state index is 6.04. The Balaban J connectivity index is 1.28. The van der Waals surface area contributed by atoms with Crippen LogP contribution in [0, 0.1) is 0 Å². The molecule has 0 aliphatic carbocycles. The summed E-state index contributed by atoms with van der Waals surface area (Å²) in [6.45, 7) is 0. The Labute approximate surface area is 224 Å². The zero-order valence-electron chi connectivity index (χ0n) is 20.7. The SMILES string of the molecule is COc1ccc(N=Cc2ccc(Sc3nnc(Cc4cccc5ccccc45)n3-c3ccccc3)o2)cc1. The molecule has 6 rings (SSSR count). The van der Waals surface area contributed by atoms with Crippen LogP contribution >= 0.6 is 11.8 Å². The molecule has 2 aromatic heterocycles. The molecule has 38 heavy (non-hydrogen) atoms. The minimum absolute atomic E-state index is 0.654. The van der Waals surface area contributed by atoms with Crippen molar-refractivity contribution in [2.75, 3.05) is 7.11 Å². The van der Waals surface area contributed by atoms with E-state index in [1.807, 2.05) is 54.6 Å². The third kappa shape index (κ3) is 5.10. The predicted molar refractivity (Wildman–Crippen MR) is 151 cm³/mol. The summed E-state index contributed by atoms with van der Waals surface area (Å²) in [6, 6.07) is 36.3. The second kappa shape index (κ2) is 10.8. The molecule has 2 heterocycles. The highest BCUT2D eigenvalue weighted by atomic mass is 32.2. The average molecular weight is 517 g/mol. The lowest BCUT2D eigenvalue weighted by molar-refractivity contribution is 0.415. The number of fused-ring (bicyclic) bond motifs is 1. The molecule has 0 radical (unpaired) electrons. The van der Waals surface area contributed by atoms with E-state index in [1.165, 1.54) is 28.1 Å². The normalized spacial score (nSPS) is 11.4. The first-order valence-corrected chi connectivity index (χ1v) is 13.0. The molecular weight excluding hydrogens is 492 g/mol. The standard InChI is InChI=1S/C31H24N4O2S/c1-36-26-16-14-24(15-17-26)32-21-27-18-19-30(37-27)38-31-34-33-29(35(31)25-11-3-2-4-12-25)20-23-10-7-9-22-8-5-6-13-28(22)23/h2-19,21H,20H2,1H3. The van der Waals surface area contributed by atoms with Crippen molar-refractivity contribution in [1.82, 2.24) is 14.8 Å². The summed E-state index contributed by atoms with van der Waals surface area (Å²) in [5.41, 5.74) is 3.03. The lowest BCUT2D eigenvalue weighted by Gasteiger charge is -2.11. The van der Waals surface area contributed by atoms with Crippen molar-refractivity contribution in [3.63, 3.8) is 0 Å². The molecule has 6 aromatic rings. The van der Waals surface area contributed by atoms with E-state index in [9.17, 15) is 0 Å². The summed E-state index contributed by atoms with van der Waals surface area (Å²) in [5.74, 6) is 2.32. The number of hydrogen-bond acceptors (Lipinski definition) is 6. The topological polar surface area (TPSA) is 65.4 Å². The fourth-order valence-electron chi connectivity index (χ4n) is 4.29. The molecule has 6 nitrogen and oxygen atoms in total. The summed E-state index contributed by atoms with van der Waals surface area (Å²) >= 11 is 1.44. The van der Waals surface area contributed by atoms with Gasteiger partial charge in [0.2, 0.25) is 5.16 Å². The third-order valence-corrected chi connectivity index (χ3v) is 7.02. The fourth-order valence-corrected chi connectivity index (χ4v) is 5.13. The molecule has 0 spiro atoms. The number of para-hydroxylation sites is 1. The van der Waals surface area contributed by atoms with Gasteiger partial charge in [0.1, 0.15) is 17.3 Å². The van der Waals surface area contributed by atoms with Gasteiger partial charge in [0.05, 0.1) is 19.0 Å². The van der Waals surface area contributed by atoms with E-state index < -0.39 is 0 Å². The van der Waals surface area contributed by atoms with Crippen LogP contribution in [-0.2, 0) is 6.42 Å². The number of aromatic nitrogens is 3. The maximum Gasteiger partial charge on any atom is 0.203 e. The molecule has 0 aliphatic rings. The first-order chi connectivity index (χ1) is 18.8. The summed E-state index contributed by atoms with van der Waals surface area (Å²) in [7, 11) is 1.64. The third-order valence-electron chi connectivity index (χ3n) is 6.15. The van der Waals surface area contributed by atoms with Crippen molar-refractivity contribution in [2.45, 2.75) is 16.7 Å². The molecule has 0 aliphatic heterocycles. The lowest BCUT2D eigenvalue weighted by atomic mass is 10.0. The Morgan fingerprint density at radius 3 is 2.47 bits per heavy atom. The summed E-state index contributed by atoms with van der Waals surface area (Å²) in [5, 5.41) is 13.0. The molecule has 0 unspecified atom stereocenters. The van der Waals surface area contributed by atoms with E-state index in [0.29, 0.717) is 17.3 Å². The van der Waals surface area contributed by atoms with Crippen LogP contribution in [0.4, 0.5) is 5.69 Å². The Hall–Kier alpha value is -4.62. The van der Waals surface area contributed by atoms with Crippen molar-refractivity contribution in [3.05, 3.63) is 126 Å². The van der Waals surface area contributed by atoms with Gasteiger partial charge in [-0.15, -0.1) is 10.2 Å². The number of furan rings is 1. The minimum atomic E-state index is 0.654. The Morgan fingerprint density at radius 1 is 0.842 bits per heavy atom. The van der Waals surface area contributed by atoms with Crippen LogP contribution in [-0.4, -0.2) is 28.1 Å². The van der Waals surface area contributed by atoms with Crippen LogP contribution < -0.4 is 4.74 Å². The number of nitrogens with zero attached hydrogens (tertiary/aromatic N) is 4. The Kier molecular flexibility index (Phi) is 6.74. The van der Waals surface area contributed by atoms with E-state index >= 15 is 0 Å². The molecule has 0 N–H and O–H groups in total. The van der Waals surface area contributed by atoms with Crippen LogP contribution in [0.2, 0.25) is 0 Å². The van der Waals surface area contributed by atoms with Crippen molar-refractivity contribution < 1.29 is 9.15 Å². The van der Waals surface area contributed by atoms with Gasteiger partial charge in [-0.3, -0.25) is 9.56 Å². The maximum absolute atomic E-state index is 6.04. The quantitative estimate of drug-likeness (QED) is 0.196. The molecule has 186 valence electrons. The van der Waals surface area contributed by atoms with Gasteiger partial charge in [-0.1, -0.05) is 60.7 Å². The van der Waals surface area contributed by atoms with Crippen molar-refractivity contribution in [3.8, 4) is 11.4 Å². The Morgan fingerprint density at radius 2 is 1.63 bits per heavy atom. The molecular formula is C31H24N4O2S. The van der Waals surface area contributed by atoms with Crippen LogP contribution in [0.3, 0.4) is 0 Å². The van der Waals surface area contributed by atoms with Crippen molar-refractivity contribution in [1.29, 1.82) is 0 Å². The first-order valence-electron chi connectivity index (χ1n) is 12.2. The van der Waals surface area contributed by atoms with Gasteiger partial charge < -0.3 is 9.15 Å². The van der Waals surface area contributed by atoms with Crippen molar-refractivity contribution >= 4 is 34.4 Å². The van der Waals surface area contributed by atoms with Gasteiger partial charge in [0, 0.05) is 12.1 Å². The molecule has 0 amide bonds. The van der Waals surface area contributed by atoms with Gasteiger partial charge in [-0.2, -0.15) is 0 Å². The number of rotatable bonds is 8. The van der Waals surface area contributed by atoms with Crippen LogP contribution in [0.5, 0.6) is 5.75 Å². The molecule has 0 bridgehead atoms. The highest BCUT2D eigenvalue weighted by Crippen LogP contribution is 2.31. The van der Waals surface area contributed by atoms with Gasteiger partial charge >= 0.3 is 0 Å². The largest absolute Gasteiger partial charge is 0.497 e. The van der Waals surface area contributed by atoms with E-state index in [2.05, 4.69) is 74.4 Å². The van der Waals surface area contributed by atoms with E-state index in [4.69, 9.17) is 9.15 Å². The summed E-state index contributed by atoms with van der Waals surface area (Å²) < 4.78 is 13.3. The minimum Gasteiger partial charge on any atom is -0.497 e. The number of benzene rings is 4. The lowest BCUT2D eigenvalue weighted by Crippen LogP contribution is -2.04. The van der Waals surface area contributed by atoms with E-state index in [-0.39, 0.29) is 0 Å². The molecule has 0 fully saturated rings. The second-order valence-corrected chi connectivity index (χ2v) is 9.57. The zero-order valence-corrected chi connectivity index (χ0v) is 21.5. The highest BCUT2D eigenvalue weighted by molar-refractivity contribution is 7.99. The number of ether oxygens (including phenoxy) is 1. The van der Waals surface area contributed by atoms with Crippen LogP contribution in [0.25, 0.3) is 16.5 Å². The number of methoxy groups -OCH3 is 1. The number of aliphatic imine (C=N–C) groups is 1. The van der Waals surface area contributed by atoms with Gasteiger partial charge in [-0.05, 0) is 76.6 Å². The molecule has 0 atom stereocenters. The molecule has 7 heteroatoms. The first kappa shape index (κ1) is 23.8. The molecule has 4 aromatic carbocycles. The number of hydrogen-bond donors (Lipinski definition) is 0. The van der Waals surface area contributed by atoms with Gasteiger partial charge in [0.25, 0.3) is 0 Å². The van der Waals surface area contributed by atoms with Crippen molar-refractivity contribution in [2.24, 2.45) is 4.99 Å². The average Bonchev–Trinajstić information content (AvgIpc) is 3.59.